The van der Waals surface area contributed by atoms with Crippen molar-refractivity contribution >= 4 is 44.9 Å². The van der Waals surface area contributed by atoms with Gasteiger partial charge in [0.05, 0.1) is 23.1 Å². The Hall–Kier alpha value is -1.73. The van der Waals surface area contributed by atoms with E-state index < -0.39 is 11.7 Å². The van der Waals surface area contributed by atoms with Crippen LogP contribution in [0.4, 0.5) is 15.9 Å². The summed E-state index contributed by atoms with van der Waals surface area (Å²) in [7, 11) is 0. The van der Waals surface area contributed by atoms with Crippen LogP contribution < -0.4 is 10.6 Å². The van der Waals surface area contributed by atoms with Crippen molar-refractivity contribution < 1.29 is 9.18 Å². The normalized spacial score (nSPS) is 10.3. The van der Waals surface area contributed by atoms with Gasteiger partial charge in [0.25, 0.3) is 5.91 Å². The summed E-state index contributed by atoms with van der Waals surface area (Å²) < 4.78 is 13.5. The second-order valence-electron chi connectivity index (χ2n) is 4.02. The minimum Gasteiger partial charge on any atom is -0.369 e. The van der Waals surface area contributed by atoms with Crippen LogP contribution in [-0.2, 0) is 0 Å². The third-order valence-corrected chi connectivity index (χ3v) is 3.39. The molecule has 0 bridgehead atoms. The summed E-state index contributed by atoms with van der Waals surface area (Å²) in [6.07, 6.45) is 2.85. The first-order valence-electron chi connectivity index (χ1n) is 6.03. The number of hydrogen-bond donors (Lipinski definition) is 2. The number of nitrogens with one attached hydrogen (secondary N) is 2. The van der Waals surface area contributed by atoms with Gasteiger partial charge in [-0.2, -0.15) is 0 Å². The molecule has 0 radical (unpaired) electrons. The van der Waals surface area contributed by atoms with Crippen LogP contribution in [0.25, 0.3) is 0 Å². The molecule has 1 aromatic carbocycles. The Morgan fingerprint density at radius 1 is 1.43 bits per heavy atom. The highest BCUT2D eigenvalue weighted by Gasteiger charge is 2.14. The molecule has 110 valence electrons. The average Bonchev–Trinajstić information content (AvgIpc) is 2.43. The lowest BCUT2D eigenvalue weighted by molar-refractivity contribution is 0.102. The molecule has 0 fully saturated rings. The monoisotopic (exact) mass is 372 g/mol. The molecule has 0 atom stereocenters. The maximum atomic E-state index is 13.1. The Labute approximate surface area is 134 Å². The van der Waals surface area contributed by atoms with Crippen LogP contribution in [-0.4, -0.2) is 22.4 Å². The van der Waals surface area contributed by atoms with Crippen LogP contribution in [0.2, 0.25) is 5.02 Å². The number of aromatic nitrogens is 2. The molecule has 1 aromatic heterocycles. The molecule has 1 heterocycles. The van der Waals surface area contributed by atoms with Crippen LogP contribution in [0.1, 0.15) is 17.4 Å². The summed E-state index contributed by atoms with van der Waals surface area (Å²) in [5.74, 6) is -0.496. The molecule has 0 aliphatic rings. The Balaban J connectivity index is 2.24. The van der Waals surface area contributed by atoms with Gasteiger partial charge in [-0.05, 0) is 35.0 Å². The summed E-state index contributed by atoms with van der Waals surface area (Å²) in [5.41, 5.74) is 0.402. The molecule has 2 N–H and O–H groups in total. The van der Waals surface area contributed by atoms with Gasteiger partial charge in [-0.25, -0.2) is 9.37 Å². The minimum atomic E-state index is -0.501. The second-order valence-corrected chi connectivity index (χ2v) is 5.28. The molecule has 2 rings (SSSR count). The fourth-order valence-corrected chi connectivity index (χ4v) is 2.48. The molecule has 0 aliphatic carbocycles. The lowest BCUT2D eigenvalue weighted by Crippen LogP contribution is -2.16. The topological polar surface area (TPSA) is 66.9 Å². The number of halogens is 3. The summed E-state index contributed by atoms with van der Waals surface area (Å²) in [6.45, 7) is 2.57. The number of anilines is 2. The van der Waals surface area contributed by atoms with E-state index >= 15 is 0 Å². The van der Waals surface area contributed by atoms with Gasteiger partial charge in [-0.3, -0.25) is 9.78 Å². The van der Waals surface area contributed by atoms with Crippen molar-refractivity contribution in [1.29, 1.82) is 0 Å². The van der Waals surface area contributed by atoms with E-state index in [-0.39, 0.29) is 16.4 Å². The van der Waals surface area contributed by atoms with Gasteiger partial charge >= 0.3 is 0 Å². The predicted octanol–water partition coefficient (Wildman–Crippen LogP) is 3.72. The molecule has 21 heavy (non-hydrogen) atoms. The number of benzene rings is 1. The quantitative estimate of drug-likeness (QED) is 0.857. The first-order valence-corrected chi connectivity index (χ1v) is 7.20. The third kappa shape index (κ3) is 3.89. The van der Waals surface area contributed by atoms with Gasteiger partial charge in [0.2, 0.25) is 0 Å². The molecular weight excluding hydrogens is 363 g/mol. The molecule has 2 aromatic rings. The van der Waals surface area contributed by atoms with Crippen LogP contribution in [0, 0.1) is 5.82 Å². The van der Waals surface area contributed by atoms with Gasteiger partial charge < -0.3 is 10.6 Å². The summed E-state index contributed by atoms with van der Waals surface area (Å²) in [4.78, 5) is 20.2. The molecule has 5 nitrogen and oxygen atoms in total. The molecular formula is C13H11BrClFN4O. The third-order valence-electron chi connectivity index (χ3n) is 2.47. The fraction of sp³-hybridized carbons (Fsp3) is 0.154. The number of nitrogens with zero attached hydrogens (tertiary/aromatic N) is 2. The van der Waals surface area contributed by atoms with Crippen LogP contribution >= 0.6 is 27.5 Å². The van der Waals surface area contributed by atoms with Gasteiger partial charge in [0, 0.05) is 11.0 Å². The highest BCUT2D eigenvalue weighted by Crippen LogP contribution is 2.31. The van der Waals surface area contributed by atoms with Crippen LogP contribution in [0.15, 0.2) is 29.0 Å². The van der Waals surface area contributed by atoms with E-state index in [2.05, 4.69) is 36.5 Å². The summed E-state index contributed by atoms with van der Waals surface area (Å²) >= 11 is 9.07. The van der Waals surface area contributed by atoms with Crippen LogP contribution in [0.5, 0.6) is 0 Å². The SMILES string of the molecule is CCNc1cncc(C(=O)Nc2c(Cl)cc(F)cc2Br)n1. The van der Waals surface area contributed by atoms with Crippen LogP contribution in [0.3, 0.4) is 0 Å². The first-order chi connectivity index (χ1) is 10.0. The molecule has 0 unspecified atom stereocenters. The Kier molecular flexibility index (Phi) is 5.08. The highest BCUT2D eigenvalue weighted by atomic mass is 79.9. The fourth-order valence-electron chi connectivity index (χ4n) is 1.58. The van der Waals surface area contributed by atoms with Crippen molar-refractivity contribution in [3.05, 3.63) is 45.5 Å². The van der Waals surface area contributed by atoms with Crippen molar-refractivity contribution in [3.63, 3.8) is 0 Å². The second kappa shape index (κ2) is 6.82. The standard InChI is InChI=1S/C13H11BrClFN4O/c1-2-18-11-6-17-5-10(19-11)13(21)20-12-8(14)3-7(16)4-9(12)15/h3-6H,2H2,1H3,(H,18,19)(H,20,21). The predicted molar refractivity (Wildman–Crippen MR) is 83.3 cm³/mol. The van der Waals surface area contributed by atoms with Crippen molar-refractivity contribution in [3.8, 4) is 0 Å². The number of hydrogen-bond acceptors (Lipinski definition) is 4. The van der Waals surface area contributed by atoms with E-state index in [4.69, 9.17) is 11.6 Å². The zero-order chi connectivity index (χ0) is 15.4. The maximum Gasteiger partial charge on any atom is 0.276 e. The van der Waals surface area contributed by atoms with E-state index in [1.165, 1.54) is 18.5 Å². The number of carbonyl (C=O) groups is 1. The zero-order valence-electron chi connectivity index (χ0n) is 11.0. The Morgan fingerprint density at radius 2 is 2.19 bits per heavy atom. The van der Waals surface area contributed by atoms with Crippen molar-refractivity contribution in [2.45, 2.75) is 6.92 Å². The van der Waals surface area contributed by atoms with Crippen molar-refractivity contribution in [1.82, 2.24) is 9.97 Å². The Morgan fingerprint density at radius 3 is 2.86 bits per heavy atom. The minimum absolute atomic E-state index is 0.0889. The van der Waals surface area contributed by atoms with E-state index in [0.717, 1.165) is 6.07 Å². The van der Waals surface area contributed by atoms with Crippen molar-refractivity contribution in [2.75, 3.05) is 17.2 Å². The first kappa shape index (κ1) is 15.7. The maximum absolute atomic E-state index is 13.1. The van der Waals surface area contributed by atoms with Gasteiger partial charge in [-0.15, -0.1) is 0 Å². The average molecular weight is 374 g/mol. The van der Waals surface area contributed by atoms with Gasteiger partial charge in [0.15, 0.2) is 0 Å². The molecule has 1 amide bonds. The number of rotatable bonds is 4. The molecule has 0 saturated heterocycles. The highest BCUT2D eigenvalue weighted by molar-refractivity contribution is 9.10. The largest absolute Gasteiger partial charge is 0.369 e. The van der Waals surface area contributed by atoms with E-state index in [1.54, 1.807) is 0 Å². The molecule has 0 spiro atoms. The van der Waals surface area contributed by atoms with Gasteiger partial charge in [0.1, 0.15) is 17.3 Å². The van der Waals surface area contributed by atoms with E-state index in [0.29, 0.717) is 16.8 Å². The Bertz CT molecular complexity index is 660. The summed E-state index contributed by atoms with van der Waals surface area (Å²) in [6, 6.07) is 2.32. The number of carbonyl (C=O) groups excluding carboxylic acids is 1. The lowest BCUT2D eigenvalue weighted by atomic mass is 10.3. The van der Waals surface area contributed by atoms with E-state index in [9.17, 15) is 9.18 Å². The van der Waals surface area contributed by atoms with Crippen molar-refractivity contribution in [2.24, 2.45) is 0 Å². The smallest absolute Gasteiger partial charge is 0.276 e. The number of amides is 1. The molecule has 8 heteroatoms. The van der Waals surface area contributed by atoms with E-state index in [1.807, 2.05) is 6.92 Å². The molecule has 0 saturated carbocycles. The molecule has 0 aliphatic heterocycles. The summed E-state index contributed by atoms with van der Waals surface area (Å²) in [5, 5.41) is 5.62. The lowest BCUT2D eigenvalue weighted by Gasteiger charge is -2.10. The zero-order valence-corrected chi connectivity index (χ0v) is 13.3. The van der Waals surface area contributed by atoms with Gasteiger partial charge in [-0.1, -0.05) is 11.6 Å².